The third-order valence-corrected chi connectivity index (χ3v) is 3.63. The van der Waals surface area contributed by atoms with Gasteiger partial charge < -0.3 is 10.2 Å². The van der Waals surface area contributed by atoms with Crippen molar-refractivity contribution in [3.63, 3.8) is 0 Å². The molecule has 0 saturated heterocycles. The Labute approximate surface area is 135 Å². The van der Waals surface area contributed by atoms with Gasteiger partial charge in [0.25, 0.3) is 5.91 Å². The molecule has 6 nitrogen and oxygen atoms in total. The summed E-state index contributed by atoms with van der Waals surface area (Å²) in [5, 5.41) is 9.63. The summed E-state index contributed by atoms with van der Waals surface area (Å²) in [6.07, 6.45) is 1.61. The molecule has 1 heterocycles. The zero-order chi connectivity index (χ0) is 16.8. The lowest BCUT2D eigenvalue weighted by atomic mass is 10.1. The highest BCUT2D eigenvalue weighted by atomic mass is 16.2. The van der Waals surface area contributed by atoms with E-state index in [9.17, 15) is 9.59 Å². The second-order valence-corrected chi connectivity index (χ2v) is 5.35. The molecule has 2 N–H and O–H groups in total. The lowest BCUT2D eigenvalue weighted by molar-refractivity contribution is -0.116. The van der Waals surface area contributed by atoms with Gasteiger partial charge in [-0.3, -0.25) is 14.7 Å². The highest BCUT2D eigenvalue weighted by Crippen LogP contribution is 2.15. The fraction of sp³-hybridized carbons (Fsp3) is 0.353. The number of aromatic nitrogens is 2. The first-order valence-corrected chi connectivity index (χ1v) is 7.72. The normalized spacial score (nSPS) is 10.4. The lowest BCUT2D eigenvalue weighted by Gasteiger charge is -2.16. The number of amides is 2. The molecule has 0 aliphatic rings. The van der Waals surface area contributed by atoms with E-state index < -0.39 is 0 Å². The van der Waals surface area contributed by atoms with Gasteiger partial charge in [-0.25, -0.2) is 0 Å². The monoisotopic (exact) mass is 314 g/mol. The summed E-state index contributed by atoms with van der Waals surface area (Å²) in [5.74, 6) is -0.507. The van der Waals surface area contributed by atoms with Crippen LogP contribution in [0.2, 0.25) is 0 Å². The summed E-state index contributed by atoms with van der Waals surface area (Å²) in [6, 6.07) is 9.36. The van der Waals surface area contributed by atoms with Crippen LogP contribution in [0.1, 0.15) is 35.6 Å². The molecule has 2 amide bonds. The Kier molecular flexibility index (Phi) is 5.51. The van der Waals surface area contributed by atoms with Gasteiger partial charge in [0.05, 0.1) is 6.54 Å². The van der Waals surface area contributed by atoms with Gasteiger partial charge in [0, 0.05) is 18.4 Å². The first kappa shape index (κ1) is 16.7. The van der Waals surface area contributed by atoms with Crippen molar-refractivity contribution < 1.29 is 9.59 Å². The van der Waals surface area contributed by atoms with Gasteiger partial charge in [-0.15, -0.1) is 0 Å². The van der Waals surface area contributed by atoms with E-state index in [4.69, 9.17) is 0 Å². The molecule has 2 rings (SSSR count). The van der Waals surface area contributed by atoms with Crippen LogP contribution in [-0.4, -0.2) is 40.5 Å². The average Bonchev–Trinajstić information content (AvgIpc) is 3.03. The van der Waals surface area contributed by atoms with Crippen LogP contribution in [0, 0.1) is 0 Å². The van der Waals surface area contributed by atoms with Crippen LogP contribution in [0.5, 0.6) is 0 Å². The number of nitrogens with zero attached hydrogens (tertiary/aromatic N) is 2. The predicted octanol–water partition coefficient (Wildman–Crippen LogP) is 2.25. The van der Waals surface area contributed by atoms with E-state index >= 15 is 0 Å². The largest absolute Gasteiger partial charge is 0.331 e. The Morgan fingerprint density at radius 3 is 2.61 bits per heavy atom. The number of H-pyrrole nitrogens is 1. The van der Waals surface area contributed by atoms with E-state index in [1.165, 1.54) is 4.90 Å². The maximum Gasteiger partial charge on any atom is 0.274 e. The van der Waals surface area contributed by atoms with Crippen LogP contribution in [0.25, 0.3) is 0 Å². The minimum absolute atomic E-state index is 0.0226. The number of carbonyl (C=O) groups excluding carboxylic acids is 2. The first-order valence-electron chi connectivity index (χ1n) is 7.72. The quantitative estimate of drug-likeness (QED) is 0.858. The van der Waals surface area contributed by atoms with Crippen molar-refractivity contribution in [1.29, 1.82) is 0 Å². The Hall–Kier alpha value is -2.63. The average molecular weight is 314 g/mol. The van der Waals surface area contributed by atoms with E-state index in [0.717, 1.165) is 29.8 Å². The van der Waals surface area contributed by atoms with E-state index in [1.807, 2.05) is 38.1 Å². The van der Waals surface area contributed by atoms with Crippen molar-refractivity contribution in [3.05, 3.63) is 47.3 Å². The number of hydrogen-bond acceptors (Lipinski definition) is 3. The molecule has 0 spiro atoms. The lowest BCUT2D eigenvalue weighted by Crippen LogP contribution is -2.35. The number of benzene rings is 1. The predicted molar refractivity (Wildman–Crippen MR) is 89.4 cm³/mol. The molecule has 1 aromatic carbocycles. The summed E-state index contributed by atoms with van der Waals surface area (Å²) < 4.78 is 0. The van der Waals surface area contributed by atoms with Crippen LogP contribution < -0.4 is 5.32 Å². The second kappa shape index (κ2) is 7.58. The van der Waals surface area contributed by atoms with Crippen LogP contribution in [0.4, 0.5) is 5.69 Å². The molecule has 0 bridgehead atoms. The SMILES string of the molecule is CCc1cc(C(=O)N(C)CC(=O)Nc2ccccc2CC)n[nH]1. The molecular weight excluding hydrogens is 292 g/mol. The summed E-state index contributed by atoms with van der Waals surface area (Å²) in [4.78, 5) is 25.8. The van der Waals surface area contributed by atoms with Crippen molar-refractivity contribution in [3.8, 4) is 0 Å². The molecule has 0 unspecified atom stereocenters. The summed E-state index contributed by atoms with van der Waals surface area (Å²) in [6.45, 7) is 3.98. The van der Waals surface area contributed by atoms with Gasteiger partial charge >= 0.3 is 0 Å². The van der Waals surface area contributed by atoms with Gasteiger partial charge in [-0.2, -0.15) is 5.10 Å². The topological polar surface area (TPSA) is 78.1 Å². The molecule has 0 saturated carbocycles. The van der Waals surface area contributed by atoms with Gasteiger partial charge in [0.1, 0.15) is 5.69 Å². The molecule has 1 aromatic heterocycles. The molecule has 2 aromatic rings. The molecule has 6 heteroatoms. The third kappa shape index (κ3) is 4.18. The number of anilines is 1. The fourth-order valence-electron chi connectivity index (χ4n) is 2.28. The Morgan fingerprint density at radius 2 is 1.96 bits per heavy atom. The smallest absolute Gasteiger partial charge is 0.274 e. The zero-order valence-corrected chi connectivity index (χ0v) is 13.7. The van der Waals surface area contributed by atoms with Crippen molar-refractivity contribution in [2.24, 2.45) is 0 Å². The van der Waals surface area contributed by atoms with E-state index in [2.05, 4.69) is 15.5 Å². The zero-order valence-electron chi connectivity index (χ0n) is 13.7. The summed E-state index contributed by atoms with van der Waals surface area (Å²) >= 11 is 0. The van der Waals surface area contributed by atoms with Gasteiger partial charge in [0.2, 0.25) is 5.91 Å². The Balaban J connectivity index is 1.97. The maximum absolute atomic E-state index is 12.2. The molecule has 122 valence electrons. The molecular formula is C17H22N4O2. The minimum Gasteiger partial charge on any atom is -0.331 e. The van der Waals surface area contributed by atoms with Gasteiger partial charge in [-0.1, -0.05) is 32.0 Å². The molecule has 0 radical (unpaired) electrons. The standard InChI is InChI=1S/C17H22N4O2/c1-4-12-8-6-7-9-14(12)18-16(22)11-21(3)17(23)15-10-13(5-2)19-20-15/h6-10H,4-5,11H2,1-3H3,(H,18,22)(H,19,20). The molecule has 0 aliphatic carbocycles. The number of likely N-dealkylation sites (N-methyl/N-ethyl adjacent to an activating group) is 1. The number of rotatable bonds is 6. The molecule has 0 aliphatic heterocycles. The van der Waals surface area contributed by atoms with E-state index in [0.29, 0.717) is 5.69 Å². The number of para-hydroxylation sites is 1. The van der Waals surface area contributed by atoms with E-state index in [1.54, 1.807) is 13.1 Å². The number of aromatic amines is 1. The minimum atomic E-state index is -0.278. The number of aryl methyl sites for hydroxylation is 2. The highest BCUT2D eigenvalue weighted by Gasteiger charge is 2.18. The fourth-order valence-corrected chi connectivity index (χ4v) is 2.28. The second-order valence-electron chi connectivity index (χ2n) is 5.35. The first-order chi connectivity index (χ1) is 11.0. The number of hydrogen-bond donors (Lipinski definition) is 2. The molecule has 0 atom stereocenters. The Bertz CT molecular complexity index is 693. The Morgan fingerprint density at radius 1 is 1.22 bits per heavy atom. The van der Waals surface area contributed by atoms with Crippen LogP contribution in [0.3, 0.4) is 0 Å². The van der Waals surface area contributed by atoms with Crippen molar-refractivity contribution in [2.45, 2.75) is 26.7 Å². The third-order valence-electron chi connectivity index (χ3n) is 3.63. The molecule has 0 fully saturated rings. The summed E-state index contributed by atoms with van der Waals surface area (Å²) in [5.41, 5.74) is 3.07. The van der Waals surface area contributed by atoms with E-state index in [-0.39, 0.29) is 18.4 Å². The molecule has 23 heavy (non-hydrogen) atoms. The van der Waals surface area contributed by atoms with Crippen molar-refractivity contribution in [2.75, 3.05) is 18.9 Å². The number of nitrogens with one attached hydrogen (secondary N) is 2. The van der Waals surface area contributed by atoms with Crippen LogP contribution in [0.15, 0.2) is 30.3 Å². The van der Waals surface area contributed by atoms with Gasteiger partial charge in [-0.05, 0) is 30.5 Å². The van der Waals surface area contributed by atoms with Crippen molar-refractivity contribution >= 4 is 17.5 Å². The van der Waals surface area contributed by atoms with Gasteiger partial charge in [0.15, 0.2) is 0 Å². The van der Waals surface area contributed by atoms with Crippen LogP contribution >= 0.6 is 0 Å². The number of carbonyl (C=O) groups is 2. The maximum atomic E-state index is 12.2. The highest BCUT2D eigenvalue weighted by molar-refractivity contribution is 5.98. The summed E-state index contributed by atoms with van der Waals surface area (Å²) in [7, 11) is 1.59. The van der Waals surface area contributed by atoms with Crippen molar-refractivity contribution in [1.82, 2.24) is 15.1 Å². The van der Waals surface area contributed by atoms with Crippen LogP contribution in [-0.2, 0) is 17.6 Å².